The van der Waals surface area contributed by atoms with Gasteiger partial charge in [0.05, 0.1) is 27.6 Å². The molecule has 0 N–H and O–H groups in total. The summed E-state index contributed by atoms with van der Waals surface area (Å²) in [5, 5.41) is 14.3. The van der Waals surface area contributed by atoms with Crippen LogP contribution in [0.2, 0.25) is 0 Å². The van der Waals surface area contributed by atoms with Gasteiger partial charge in [-0.15, -0.1) is 0 Å². The smallest absolute Gasteiger partial charge is 0.252 e. The zero-order valence-corrected chi connectivity index (χ0v) is 56.7. The molecule has 9 aromatic carbocycles. The molecule has 0 saturated heterocycles. The van der Waals surface area contributed by atoms with Crippen molar-refractivity contribution >= 4 is 117 Å². The highest BCUT2D eigenvalue weighted by Crippen LogP contribution is 2.49. The molecule has 3 nitrogen and oxygen atoms in total. The molecule has 0 radical (unpaired) electrons. The Morgan fingerprint density at radius 2 is 0.736 bits per heavy atom. The van der Waals surface area contributed by atoms with Gasteiger partial charge in [0.1, 0.15) is 0 Å². The lowest BCUT2D eigenvalue weighted by Gasteiger charge is -2.43. The van der Waals surface area contributed by atoms with E-state index in [0.717, 1.165) is 0 Å². The Hall–Kier alpha value is -7.34. The number of aromatic nitrogens is 3. The molecule has 3 aromatic heterocycles. The minimum absolute atomic E-state index is 0.0225. The van der Waals surface area contributed by atoms with Gasteiger partial charge in [-0.25, -0.2) is 0 Å². The predicted octanol–water partition coefficient (Wildman–Crippen LogP) is 16.9. The molecule has 1 spiro atoms. The summed E-state index contributed by atoms with van der Waals surface area (Å²) in [6.45, 7) is 50.2. The van der Waals surface area contributed by atoms with E-state index in [1.165, 1.54) is 154 Å². The van der Waals surface area contributed by atoms with E-state index < -0.39 is 8.07 Å². The number of hydrogen-bond donors (Lipinski definition) is 0. The quantitative estimate of drug-likeness (QED) is 0.146. The van der Waals surface area contributed by atoms with Crippen LogP contribution >= 0.6 is 0 Å². The van der Waals surface area contributed by atoms with Gasteiger partial charge in [-0.2, -0.15) is 0 Å². The molecular weight excluding hydrogens is 1070 g/mol. The second-order valence-corrected chi connectivity index (χ2v) is 38.0. The Morgan fingerprint density at radius 1 is 0.299 bits per heavy atom. The Balaban J connectivity index is 1.16. The summed E-state index contributed by atoms with van der Waals surface area (Å²) in [5.41, 5.74) is 28.3. The minimum atomic E-state index is -3.24. The molecule has 0 bridgehead atoms. The lowest BCUT2D eigenvalue weighted by molar-refractivity contribution is 0.590. The van der Waals surface area contributed by atoms with Crippen molar-refractivity contribution in [2.24, 2.45) is 0 Å². The van der Waals surface area contributed by atoms with Crippen molar-refractivity contribution < 1.29 is 0 Å². The maximum absolute atomic E-state index is 3.24. The van der Waals surface area contributed by atoms with Gasteiger partial charge in [0.25, 0.3) is 6.71 Å². The third-order valence-electron chi connectivity index (χ3n) is 21.5. The Kier molecular flexibility index (Phi) is 10.5. The zero-order chi connectivity index (χ0) is 61.5. The van der Waals surface area contributed by atoms with Gasteiger partial charge in [0.15, 0.2) is 8.07 Å². The number of fused-ring (bicyclic) bond motifs is 18. The summed E-state index contributed by atoms with van der Waals surface area (Å²) < 4.78 is 8.30. The Morgan fingerprint density at radius 3 is 1.26 bits per heavy atom. The normalized spacial score (nSPS) is 15.3. The molecule has 436 valence electrons. The van der Waals surface area contributed by atoms with E-state index in [9.17, 15) is 0 Å². The van der Waals surface area contributed by atoms with Crippen molar-refractivity contribution in [2.45, 2.75) is 183 Å². The second-order valence-electron chi connectivity index (χ2n) is 34.3. The average Bonchev–Trinajstić information content (AvgIpc) is 1.53. The van der Waals surface area contributed by atoms with Crippen LogP contribution in [0.3, 0.4) is 0 Å². The van der Waals surface area contributed by atoms with Crippen LogP contribution in [0.1, 0.15) is 184 Å². The minimum Gasteiger partial charge on any atom is -0.310 e. The molecule has 0 fully saturated rings. The summed E-state index contributed by atoms with van der Waals surface area (Å²) in [6.07, 6.45) is 0. The first-order valence-corrected chi connectivity index (χ1v) is 34.4. The van der Waals surface area contributed by atoms with Crippen LogP contribution in [0.4, 0.5) is 0 Å². The van der Waals surface area contributed by atoms with Crippen molar-refractivity contribution in [3.8, 4) is 28.2 Å². The molecule has 16 rings (SSSR count). The van der Waals surface area contributed by atoms with Crippen LogP contribution in [-0.2, 0) is 37.9 Å². The molecule has 0 aliphatic carbocycles. The van der Waals surface area contributed by atoms with E-state index in [1.54, 1.807) is 15.6 Å². The number of benzene rings is 9. The van der Waals surface area contributed by atoms with Gasteiger partial charge in [-0.3, -0.25) is 0 Å². The second kappa shape index (κ2) is 16.7. The third kappa shape index (κ3) is 7.18. The molecule has 0 saturated carbocycles. The Labute approximate surface area is 517 Å². The Bertz CT molecular complexity index is 5050. The van der Waals surface area contributed by atoms with Gasteiger partial charge in [0, 0.05) is 54.9 Å². The van der Waals surface area contributed by atoms with Crippen LogP contribution in [0.15, 0.2) is 140 Å². The SMILES string of the molecule is CC(C)(C)c1ccc(-n2c3cc(C(C)(C)C)ccc3c3c4c5ccc(C(C)(C)C)cc5n5c4c(cc32)B2c3c-5ccc4c3-n3c5c2cc(C(C)(C)C)cc5c2cc(C(C)(C)C)cc(c23)[Si]42c3cc(C(C)(C)C)ccc3-c3ccc(C(C)(C)C)cc32)cc1. The van der Waals surface area contributed by atoms with E-state index >= 15 is 0 Å². The van der Waals surface area contributed by atoms with Crippen LogP contribution in [0.25, 0.3) is 93.6 Å². The molecule has 0 unspecified atom stereocenters. The van der Waals surface area contributed by atoms with Gasteiger partial charge in [-0.1, -0.05) is 236 Å². The topological polar surface area (TPSA) is 14.8 Å². The fraction of sp³-hybridized carbons (Fsp3) is 0.341. The van der Waals surface area contributed by atoms with Crippen molar-refractivity contribution in [3.63, 3.8) is 0 Å². The standard InChI is InChI=1S/C82H86BN3Si/c1-76(2,3)45-22-28-52(29-23-45)84-62-39-46(77(4,5)6)26-32-55(62)69-64(84)44-60-74-70(69)56-33-27-47(78(7,8)9)40-63(56)85(74)61-34-35-65-75-71(61)83(60)59-38-50(81(16,17)18)36-57-58-37-51(82(19,20)21)43-68(73(58)86(75)72(57)59)87(65)66-41-48(79(10,11)12)24-30-53(66)54-31-25-49(42-67(54)87)80(13,14)15/h22-44H,1-21H3. The van der Waals surface area contributed by atoms with Gasteiger partial charge < -0.3 is 13.7 Å². The summed E-state index contributed by atoms with van der Waals surface area (Å²) in [7, 11) is -3.24. The fourth-order valence-electron chi connectivity index (χ4n) is 16.5. The highest BCUT2D eigenvalue weighted by molar-refractivity contribution is 7.24. The van der Waals surface area contributed by atoms with E-state index in [0.29, 0.717) is 0 Å². The van der Waals surface area contributed by atoms with Crippen LogP contribution in [0, 0.1) is 0 Å². The van der Waals surface area contributed by atoms with Crippen LogP contribution in [0.5, 0.6) is 0 Å². The summed E-state index contributed by atoms with van der Waals surface area (Å²) >= 11 is 0. The van der Waals surface area contributed by atoms with Crippen LogP contribution in [-0.4, -0.2) is 28.5 Å². The first-order chi connectivity index (χ1) is 40.6. The maximum atomic E-state index is 2.87. The van der Waals surface area contributed by atoms with Gasteiger partial charge >= 0.3 is 0 Å². The third-order valence-corrected chi connectivity index (χ3v) is 26.3. The van der Waals surface area contributed by atoms with E-state index in [4.69, 9.17) is 0 Å². The molecule has 12 aromatic rings. The summed E-state index contributed by atoms with van der Waals surface area (Å²) in [5.74, 6) is 0. The van der Waals surface area contributed by atoms with Crippen molar-refractivity contribution in [3.05, 3.63) is 178 Å². The largest absolute Gasteiger partial charge is 0.310 e. The molecule has 4 aliphatic heterocycles. The highest BCUT2D eigenvalue weighted by Gasteiger charge is 2.57. The number of nitrogens with zero attached hydrogens (tertiary/aromatic N) is 3. The molecule has 0 amide bonds. The number of hydrogen-bond acceptors (Lipinski definition) is 0. The molecule has 87 heavy (non-hydrogen) atoms. The number of rotatable bonds is 1. The van der Waals surface area contributed by atoms with E-state index in [-0.39, 0.29) is 44.6 Å². The molecule has 7 heterocycles. The van der Waals surface area contributed by atoms with E-state index in [2.05, 4.69) is 299 Å². The fourth-order valence-corrected chi connectivity index (χ4v) is 22.1. The maximum Gasteiger partial charge on any atom is 0.252 e. The lowest BCUT2D eigenvalue weighted by Crippen LogP contribution is -2.77. The molecule has 5 heteroatoms. The van der Waals surface area contributed by atoms with Crippen molar-refractivity contribution in [2.75, 3.05) is 0 Å². The van der Waals surface area contributed by atoms with Crippen LogP contribution < -0.4 is 37.1 Å². The predicted molar refractivity (Wildman–Crippen MR) is 381 cm³/mol. The monoisotopic (exact) mass is 1150 g/mol. The molecule has 0 atom stereocenters. The highest BCUT2D eigenvalue weighted by atomic mass is 28.3. The molecule has 4 aliphatic rings. The first kappa shape index (κ1) is 55.0. The van der Waals surface area contributed by atoms with Crippen molar-refractivity contribution in [1.82, 2.24) is 13.7 Å². The molecular formula is C82H86BN3Si. The average molecular weight is 1150 g/mol. The lowest BCUT2D eigenvalue weighted by atomic mass is 9.34. The summed E-state index contributed by atoms with van der Waals surface area (Å²) in [4.78, 5) is 0. The summed E-state index contributed by atoms with van der Waals surface area (Å²) in [6, 6.07) is 58.6. The van der Waals surface area contributed by atoms with Gasteiger partial charge in [0.2, 0.25) is 0 Å². The van der Waals surface area contributed by atoms with Crippen molar-refractivity contribution in [1.29, 1.82) is 0 Å². The van der Waals surface area contributed by atoms with E-state index in [1.807, 2.05) is 0 Å². The van der Waals surface area contributed by atoms with Gasteiger partial charge in [-0.05, 0) is 174 Å². The zero-order valence-electron chi connectivity index (χ0n) is 55.7. The first-order valence-electron chi connectivity index (χ1n) is 32.4.